The van der Waals surface area contributed by atoms with Crippen LogP contribution in [-0.4, -0.2) is 12.6 Å². The fourth-order valence-corrected chi connectivity index (χ4v) is 2.54. The molecule has 1 aliphatic carbocycles. The van der Waals surface area contributed by atoms with Crippen LogP contribution in [0.5, 0.6) is 0 Å². The Balaban J connectivity index is 1.94. The average Bonchev–Trinajstić information content (AvgIpc) is 2.23. The first-order valence-electron chi connectivity index (χ1n) is 6.48. The molecule has 0 aromatic heterocycles. The van der Waals surface area contributed by atoms with Crippen molar-refractivity contribution in [1.29, 1.82) is 0 Å². The van der Waals surface area contributed by atoms with Gasteiger partial charge < -0.3 is 5.32 Å². The summed E-state index contributed by atoms with van der Waals surface area (Å²) >= 11 is 0. The van der Waals surface area contributed by atoms with Gasteiger partial charge in [0.05, 0.1) is 0 Å². The molecule has 88 valence electrons. The zero-order valence-electron chi connectivity index (χ0n) is 10.5. The Bertz CT molecular complexity index is 311. The average molecular weight is 217 g/mol. The lowest BCUT2D eigenvalue weighted by atomic mass is 9.65. The Labute approximate surface area is 99.3 Å². The summed E-state index contributed by atoms with van der Waals surface area (Å²) in [6.07, 6.45) is 5.43. The molecule has 1 aromatic carbocycles. The van der Waals surface area contributed by atoms with Gasteiger partial charge in [-0.3, -0.25) is 0 Å². The molecule has 1 aromatic rings. The highest BCUT2D eigenvalue weighted by Crippen LogP contribution is 2.43. The summed E-state index contributed by atoms with van der Waals surface area (Å²) < 4.78 is 0. The van der Waals surface area contributed by atoms with Crippen LogP contribution in [-0.2, 0) is 6.42 Å². The van der Waals surface area contributed by atoms with Crippen molar-refractivity contribution in [2.45, 2.75) is 45.6 Å². The lowest BCUT2D eigenvalue weighted by molar-refractivity contribution is 0.127. The fourth-order valence-electron chi connectivity index (χ4n) is 2.54. The monoisotopic (exact) mass is 217 g/mol. The summed E-state index contributed by atoms with van der Waals surface area (Å²) in [7, 11) is 0. The van der Waals surface area contributed by atoms with Crippen LogP contribution in [0, 0.1) is 5.41 Å². The van der Waals surface area contributed by atoms with E-state index in [9.17, 15) is 0 Å². The van der Waals surface area contributed by atoms with Gasteiger partial charge in [-0.05, 0) is 30.2 Å². The molecule has 0 radical (unpaired) electrons. The topological polar surface area (TPSA) is 12.0 Å². The largest absolute Gasteiger partial charge is 0.314 e. The molecule has 1 aliphatic rings. The van der Waals surface area contributed by atoms with Crippen LogP contribution in [0.4, 0.5) is 0 Å². The Morgan fingerprint density at radius 3 is 2.38 bits per heavy atom. The maximum absolute atomic E-state index is 3.61. The minimum Gasteiger partial charge on any atom is -0.314 e. The molecule has 1 N–H and O–H groups in total. The molecule has 1 fully saturated rings. The van der Waals surface area contributed by atoms with Gasteiger partial charge in [-0.25, -0.2) is 0 Å². The first kappa shape index (κ1) is 11.7. The highest BCUT2D eigenvalue weighted by Gasteiger charge is 2.36. The van der Waals surface area contributed by atoms with Crippen molar-refractivity contribution in [3.05, 3.63) is 35.9 Å². The van der Waals surface area contributed by atoms with Gasteiger partial charge in [-0.1, -0.05) is 50.6 Å². The summed E-state index contributed by atoms with van der Waals surface area (Å²) in [4.78, 5) is 0. The molecule has 0 amide bonds. The molecule has 1 nitrogen and oxygen atoms in total. The SMILES string of the molecule is CC(C)NCC1(Cc2ccccc2)CCC1. The molecule has 1 heteroatoms. The third kappa shape index (κ3) is 2.85. The van der Waals surface area contributed by atoms with Crippen LogP contribution in [0.2, 0.25) is 0 Å². The summed E-state index contributed by atoms with van der Waals surface area (Å²) in [5.74, 6) is 0. The van der Waals surface area contributed by atoms with Crippen LogP contribution in [0.3, 0.4) is 0 Å². The van der Waals surface area contributed by atoms with Crippen LogP contribution in [0.15, 0.2) is 30.3 Å². The molecule has 0 aliphatic heterocycles. The number of nitrogens with one attached hydrogen (secondary N) is 1. The van der Waals surface area contributed by atoms with Crippen LogP contribution in [0.1, 0.15) is 38.7 Å². The van der Waals surface area contributed by atoms with Crippen molar-refractivity contribution in [3.63, 3.8) is 0 Å². The van der Waals surface area contributed by atoms with E-state index in [1.54, 1.807) is 0 Å². The standard InChI is InChI=1S/C15H23N/c1-13(2)16-12-15(9-6-10-15)11-14-7-4-3-5-8-14/h3-5,7-8,13,16H,6,9-12H2,1-2H3. The van der Waals surface area contributed by atoms with Crippen LogP contribution < -0.4 is 5.32 Å². The smallest absolute Gasteiger partial charge is 0.00134 e. The Morgan fingerprint density at radius 1 is 1.19 bits per heavy atom. The molecule has 0 spiro atoms. The van der Waals surface area contributed by atoms with Gasteiger partial charge in [0.25, 0.3) is 0 Å². The number of hydrogen-bond acceptors (Lipinski definition) is 1. The van der Waals surface area contributed by atoms with E-state index < -0.39 is 0 Å². The molecule has 0 heterocycles. The second kappa shape index (κ2) is 5.01. The fraction of sp³-hybridized carbons (Fsp3) is 0.600. The second-order valence-electron chi connectivity index (χ2n) is 5.55. The lowest BCUT2D eigenvalue weighted by Crippen LogP contribution is -2.43. The van der Waals surface area contributed by atoms with E-state index in [1.165, 1.54) is 37.8 Å². The molecular formula is C15H23N. The van der Waals surface area contributed by atoms with E-state index in [1.807, 2.05) is 0 Å². The highest BCUT2D eigenvalue weighted by molar-refractivity contribution is 5.17. The highest BCUT2D eigenvalue weighted by atomic mass is 14.9. The summed E-state index contributed by atoms with van der Waals surface area (Å²) in [6, 6.07) is 11.5. The Hall–Kier alpha value is -0.820. The summed E-state index contributed by atoms with van der Waals surface area (Å²) in [5, 5.41) is 3.61. The summed E-state index contributed by atoms with van der Waals surface area (Å²) in [6.45, 7) is 5.64. The van der Waals surface area contributed by atoms with E-state index in [4.69, 9.17) is 0 Å². The van der Waals surface area contributed by atoms with Gasteiger partial charge in [-0.2, -0.15) is 0 Å². The zero-order chi connectivity index (χ0) is 11.4. The third-order valence-electron chi connectivity index (χ3n) is 3.72. The van der Waals surface area contributed by atoms with Crippen LogP contribution in [0.25, 0.3) is 0 Å². The van der Waals surface area contributed by atoms with Gasteiger partial charge in [0, 0.05) is 12.6 Å². The van der Waals surface area contributed by atoms with Crippen molar-refractivity contribution in [3.8, 4) is 0 Å². The molecule has 0 atom stereocenters. The first-order chi connectivity index (χ1) is 7.70. The first-order valence-corrected chi connectivity index (χ1v) is 6.48. The Kier molecular flexibility index (Phi) is 3.65. The predicted molar refractivity (Wildman–Crippen MR) is 69.6 cm³/mol. The lowest BCUT2D eigenvalue weighted by Gasteiger charge is -2.43. The minimum atomic E-state index is 0.547. The van der Waals surface area contributed by atoms with Crippen molar-refractivity contribution in [2.24, 2.45) is 5.41 Å². The van der Waals surface area contributed by atoms with E-state index in [0.717, 1.165) is 0 Å². The van der Waals surface area contributed by atoms with Gasteiger partial charge >= 0.3 is 0 Å². The van der Waals surface area contributed by atoms with E-state index in [2.05, 4.69) is 49.5 Å². The van der Waals surface area contributed by atoms with E-state index >= 15 is 0 Å². The normalized spacial score (nSPS) is 18.4. The van der Waals surface area contributed by atoms with Crippen molar-refractivity contribution < 1.29 is 0 Å². The summed E-state index contributed by atoms with van der Waals surface area (Å²) in [5.41, 5.74) is 2.04. The van der Waals surface area contributed by atoms with Crippen LogP contribution >= 0.6 is 0 Å². The number of benzene rings is 1. The number of rotatable bonds is 5. The zero-order valence-corrected chi connectivity index (χ0v) is 10.5. The third-order valence-corrected chi connectivity index (χ3v) is 3.72. The molecule has 1 saturated carbocycles. The van der Waals surface area contributed by atoms with Crippen molar-refractivity contribution >= 4 is 0 Å². The molecule has 0 bridgehead atoms. The number of hydrogen-bond donors (Lipinski definition) is 1. The predicted octanol–water partition coefficient (Wildman–Crippen LogP) is 3.40. The van der Waals surface area contributed by atoms with Gasteiger partial charge in [0.2, 0.25) is 0 Å². The Morgan fingerprint density at radius 2 is 1.88 bits per heavy atom. The maximum Gasteiger partial charge on any atom is 0.00134 e. The molecule has 16 heavy (non-hydrogen) atoms. The maximum atomic E-state index is 3.61. The molecular weight excluding hydrogens is 194 g/mol. The van der Waals surface area contributed by atoms with Gasteiger partial charge in [0.15, 0.2) is 0 Å². The quantitative estimate of drug-likeness (QED) is 0.797. The second-order valence-corrected chi connectivity index (χ2v) is 5.55. The van der Waals surface area contributed by atoms with Crippen molar-refractivity contribution in [2.75, 3.05) is 6.54 Å². The van der Waals surface area contributed by atoms with E-state index in [0.29, 0.717) is 11.5 Å². The molecule has 2 rings (SSSR count). The van der Waals surface area contributed by atoms with E-state index in [-0.39, 0.29) is 0 Å². The van der Waals surface area contributed by atoms with Gasteiger partial charge in [0.1, 0.15) is 0 Å². The minimum absolute atomic E-state index is 0.547. The van der Waals surface area contributed by atoms with Gasteiger partial charge in [-0.15, -0.1) is 0 Å². The molecule has 0 saturated heterocycles. The van der Waals surface area contributed by atoms with Crippen molar-refractivity contribution in [1.82, 2.24) is 5.32 Å². The molecule has 0 unspecified atom stereocenters.